The normalized spacial score (nSPS) is 16.9. The van der Waals surface area contributed by atoms with Gasteiger partial charge in [0, 0.05) is 61.8 Å². The topological polar surface area (TPSA) is 237 Å². The Hall–Kier alpha value is -7.65. The molecule has 2 aromatic heterocycles. The molecule has 5 amide bonds. The van der Waals surface area contributed by atoms with Crippen LogP contribution in [0.25, 0.3) is 22.3 Å². The van der Waals surface area contributed by atoms with Crippen LogP contribution in [0.2, 0.25) is 0 Å². The van der Waals surface area contributed by atoms with Crippen molar-refractivity contribution in [1.29, 1.82) is 10.5 Å². The zero-order chi connectivity index (χ0) is 48.1. The summed E-state index contributed by atoms with van der Waals surface area (Å²) in [5, 5.41) is 23.3. The van der Waals surface area contributed by atoms with Crippen LogP contribution in [0.5, 0.6) is 11.5 Å². The third-order valence-corrected chi connectivity index (χ3v) is 11.0. The number of nitrogens with zero attached hydrogens (tertiary/aromatic N) is 7. The minimum atomic E-state index is -3.18. The van der Waals surface area contributed by atoms with Gasteiger partial charge in [0.05, 0.1) is 69.2 Å². The predicted octanol–water partition coefficient (Wildman–Crippen LogP) is 3.82. The van der Waals surface area contributed by atoms with Crippen molar-refractivity contribution in [2.75, 3.05) is 59.0 Å². The third kappa shape index (κ3) is 12.8. The van der Waals surface area contributed by atoms with Crippen LogP contribution in [-0.2, 0) is 14.4 Å². The first kappa shape index (κ1) is 48.8. The summed E-state index contributed by atoms with van der Waals surface area (Å²) in [6.45, 7) is -1.85. The monoisotopic (exact) mass is 926 g/mol. The van der Waals surface area contributed by atoms with Crippen LogP contribution in [0.3, 0.4) is 0 Å². The van der Waals surface area contributed by atoms with Gasteiger partial charge in [0.1, 0.15) is 23.6 Å². The molecule has 21 heteroatoms. The number of nitriles is 2. The lowest BCUT2D eigenvalue weighted by Gasteiger charge is -2.22. The van der Waals surface area contributed by atoms with E-state index in [1.807, 2.05) is 0 Å². The number of aromatic nitrogens is 2. The van der Waals surface area contributed by atoms with E-state index < -0.39 is 86.6 Å². The van der Waals surface area contributed by atoms with Crippen LogP contribution in [0.4, 0.5) is 17.6 Å². The maximum absolute atomic E-state index is 13.8. The van der Waals surface area contributed by atoms with E-state index in [-0.39, 0.29) is 36.8 Å². The number of likely N-dealkylation sites (tertiary alicyclic amines) is 2. The van der Waals surface area contributed by atoms with Crippen molar-refractivity contribution in [3.8, 4) is 45.9 Å². The molecule has 0 unspecified atom stereocenters. The lowest BCUT2D eigenvalue weighted by Crippen LogP contribution is -2.43. The number of nitrogens with two attached hydrogens (primary N) is 1. The first-order chi connectivity index (χ1) is 32.1. The average molecular weight is 927 g/mol. The van der Waals surface area contributed by atoms with Crippen molar-refractivity contribution in [3.05, 3.63) is 96.6 Å². The molecule has 2 saturated heterocycles. The summed E-state index contributed by atoms with van der Waals surface area (Å²) < 4.78 is 67.1. The molecule has 2 fully saturated rings. The maximum atomic E-state index is 13.8. The van der Waals surface area contributed by atoms with E-state index in [1.54, 1.807) is 65.6 Å². The summed E-state index contributed by atoms with van der Waals surface area (Å²) in [6.07, 6.45) is 5.20. The van der Waals surface area contributed by atoms with Crippen LogP contribution < -0.4 is 25.8 Å². The number of carbonyl (C=O) groups excluding carboxylic acids is 5. The first-order valence-electron chi connectivity index (χ1n) is 21.1. The van der Waals surface area contributed by atoms with Crippen LogP contribution in [0.15, 0.2) is 85.5 Å². The molecule has 4 heterocycles. The second kappa shape index (κ2) is 22.0. The highest BCUT2D eigenvalue weighted by molar-refractivity contribution is 6.03. The van der Waals surface area contributed by atoms with Gasteiger partial charge in [-0.25, -0.2) is 17.6 Å². The van der Waals surface area contributed by atoms with E-state index in [0.717, 1.165) is 9.80 Å². The van der Waals surface area contributed by atoms with Gasteiger partial charge in [0.2, 0.25) is 17.7 Å². The van der Waals surface area contributed by atoms with Gasteiger partial charge in [0.25, 0.3) is 23.7 Å². The summed E-state index contributed by atoms with van der Waals surface area (Å²) in [5.74, 6) is -8.41. The summed E-state index contributed by atoms with van der Waals surface area (Å²) >= 11 is 0. The molecule has 0 radical (unpaired) electrons. The number of benzene rings is 2. The predicted molar refractivity (Wildman–Crippen MR) is 231 cm³/mol. The van der Waals surface area contributed by atoms with E-state index in [2.05, 4.69) is 20.6 Å². The number of hydrogen-bond acceptors (Lipinski definition) is 12. The Labute approximate surface area is 382 Å². The van der Waals surface area contributed by atoms with Crippen molar-refractivity contribution in [2.24, 2.45) is 5.73 Å². The van der Waals surface area contributed by atoms with Gasteiger partial charge in [-0.05, 0) is 60.4 Å². The van der Waals surface area contributed by atoms with E-state index in [1.165, 1.54) is 36.9 Å². The molecule has 0 spiro atoms. The molecule has 2 atom stereocenters. The highest BCUT2D eigenvalue weighted by atomic mass is 19.3. The zero-order valence-corrected chi connectivity index (χ0v) is 36.0. The lowest BCUT2D eigenvalue weighted by molar-refractivity contribution is -0.132. The summed E-state index contributed by atoms with van der Waals surface area (Å²) in [5.41, 5.74) is 8.18. The number of amides is 5. The number of ether oxygens (including phenoxy) is 2. The molecule has 6 rings (SSSR count). The average Bonchev–Trinajstić information content (AvgIpc) is 3.85. The maximum Gasteiger partial charge on any atom is 0.268 e. The molecule has 17 nitrogen and oxygen atoms in total. The molecule has 67 heavy (non-hydrogen) atoms. The van der Waals surface area contributed by atoms with Crippen LogP contribution in [-0.4, -0.2) is 137 Å². The highest BCUT2D eigenvalue weighted by Gasteiger charge is 2.48. The van der Waals surface area contributed by atoms with Gasteiger partial charge < -0.3 is 40.5 Å². The number of halogens is 4. The highest BCUT2D eigenvalue weighted by Crippen LogP contribution is 2.33. The van der Waals surface area contributed by atoms with Crippen LogP contribution in [0, 0.1) is 22.7 Å². The largest absolute Gasteiger partial charge is 0.494 e. The van der Waals surface area contributed by atoms with E-state index in [0.29, 0.717) is 59.7 Å². The number of carbonyl (C=O) groups is 5. The summed E-state index contributed by atoms with van der Waals surface area (Å²) in [6, 6.07) is 17.5. The van der Waals surface area contributed by atoms with Gasteiger partial charge >= 0.3 is 0 Å². The van der Waals surface area contributed by atoms with Crippen LogP contribution in [0.1, 0.15) is 46.4 Å². The van der Waals surface area contributed by atoms with Crippen LogP contribution >= 0.6 is 0 Å². The molecule has 0 saturated carbocycles. The lowest BCUT2D eigenvalue weighted by atomic mass is 10.0. The second-order valence-corrected chi connectivity index (χ2v) is 15.7. The number of alkyl halides is 4. The zero-order valence-electron chi connectivity index (χ0n) is 36.0. The van der Waals surface area contributed by atoms with Crippen molar-refractivity contribution in [3.63, 3.8) is 0 Å². The Bertz CT molecular complexity index is 2350. The Balaban J connectivity index is 0.930. The molecule has 2 aliphatic heterocycles. The smallest absolute Gasteiger partial charge is 0.268 e. The number of pyridine rings is 2. The van der Waals surface area contributed by atoms with Crippen molar-refractivity contribution in [1.82, 2.24) is 35.3 Å². The van der Waals surface area contributed by atoms with Crippen molar-refractivity contribution < 1.29 is 51.0 Å². The molecule has 0 aliphatic carbocycles. The Morgan fingerprint density at radius 2 is 1.09 bits per heavy atom. The van der Waals surface area contributed by atoms with E-state index in [9.17, 15) is 52.1 Å². The fourth-order valence-corrected chi connectivity index (χ4v) is 7.58. The molecule has 2 aromatic carbocycles. The number of nitrogens with one attached hydrogen (secondary N) is 2. The first-order valence-corrected chi connectivity index (χ1v) is 21.1. The Morgan fingerprint density at radius 3 is 1.46 bits per heavy atom. The SMILES string of the molecule is N#C[C@@H]1CC(F)(F)CN1C(=O)CNC(=O)c1ccncc1-c1ccc(OCCCN(CCCOc2ccc(-c3cnccc3C(=O)NCC(=O)N3CC(F)(F)C[C@H]3C#N)cc2)C(=O)CN)cc1. The summed E-state index contributed by atoms with van der Waals surface area (Å²) in [7, 11) is 0. The molecule has 2 aliphatic rings. The molecule has 0 bridgehead atoms. The van der Waals surface area contributed by atoms with Crippen molar-refractivity contribution >= 4 is 29.5 Å². The fourth-order valence-electron chi connectivity index (χ4n) is 7.58. The minimum Gasteiger partial charge on any atom is -0.494 e. The van der Waals surface area contributed by atoms with Gasteiger partial charge in [0.15, 0.2) is 0 Å². The van der Waals surface area contributed by atoms with Gasteiger partial charge in [-0.15, -0.1) is 0 Å². The van der Waals surface area contributed by atoms with Gasteiger partial charge in [-0.3, -0.25) is 33.9 Å². The molecule has 350 valence electrons. The fraction of sp³-hybridized carbons (Fsp3) is 0.370. The quantitative estimate of drug-likeness (QED) is 0.0900. The molecule has 4 N–H and O–H groups in total. The van der Waals surface area contributed by atoms with Gasteiger partial charge in [-0.1, -0.05) is 24.3 Å². The minimum absolute atomic E-state index is 0.183. The second-order valence-electron chi connectivity index (χ2n) is 15.7. The van der Waals surface area contributed by atoms with E-state index >= 15 is 0 Å². The van der Waals surface area contributed by atoms with Crippen molar-refractivity contribution in [2.45, 2.75) is 49.6 Å². The van der Waals surface area contributed by atoms with Gasteiger partial charge in [-0.2, -0.15) is 10.5 Å². The molecular weight excluding hydrogens is 881 g/mol. The molecular formula is C46H46F4N10O7. The summed E-state index contributed by atoms with van der Waals surface area (Å²) in [4.78, 5) is 75.4. The Morgan fingerprint density at radius 1 is 0.687 bits per heavy atom. The van der Waals surface area contributed by atoms with E-state index in [4.69, 9.17) is 15.2 Å². The third-order valence-electron chi connectivity index (χ3n) is 11.0. The standard InChI is InChI=1S/C46H46F4N10O7/c47-45(48)19-32(21-51)59(28-45)41(62)26-56-43(64)36-11-13-54-24-38(36)30-3-7-34(8-4-30)66-17-1-15-58(40(61)23-53)16-2-18-67-35-9-5-31(6-10-35)39-25-55-14-12-37(39)44(65)57-27-42(63)60-29-46(49,50)20-33(60)22-52/h3-14,24-25,32-33H,1-2,15-20,23,26-29,53H2,(H,56,64)(H,57,65)/t32-,33-/m0/s1. The Kier molecular flexibility index (Phi) is 16.0. The number of hydrogen-bond donors (Lipinski definition) is 3. The molecule has 4 aromatic rings. The number of rotatable bonds is 19.